The monoisotopic (exact) mass is 317 g/mol. The molecule has 3 rings (SSSR count). The summed E-state index contributed by atoms with van der Waals surface area (Å²) in [7, 11) is 0. The molecule has 1 aromatic carbocycles. The maximum atomic E-state index is 12.2. The number of ether oxygens (including phenoxy) is 2. The molecule has 0 saturated heterocycles. The van der Waals surface area contributed by atoms with E-state index in [1.807, 2.05) is 35.7 Å². The number of hydrogen-bond donors (Lipinski definition) is 1. The van der Waals surface area contributed by atoms with E-state index in [-0.39, 0.29) is 11.9 Å². The molecule has 1 amide bonds. The van der Waals surface area contributed by atoms with Gasteiger partial charge in [0.1, 0.15) is 0 Å². The molecule has 0 spiro atoms. The van der Waals surface area contributed by atoms with Gasteiger partial charge in [0.25, 0.3) is 5.91 Å². The number of carbonyl (C=O) groups excluding carboxylic acids is 1. The molecule has 0 fully saturated rings. The molecule has 0 saturated carbocycles. The molecule has 1 aromatic heterocycles. The second-order valence-electron chi connectivity index (χ2n) is 5.17. The lowest BCUT2D eigenvalue weighted by atomic mass is 10.0. The highest BCUT2D eigenvalue weighted by Gasteiger charge is 2.18. The van der Waals surface area contributed by atoms with Gasteiger partial charge in [-0.25, -0.2) is 0 Å². The summed E-state index contributed by atoms with van der Waals surface area (Å²) < 4.78 is 11.4. The van der Waals surface area contributed by atoms with Crippen molar-refractivity contribution in [3.05, 3.63) is 46.2 Å². The fourth-order valence-electron chi connectivity index (χ4n) is 2.45. The molecule has 1 N–H and O–H groups in total. The topological polar surface area (TPSA) is 47.6 Å². The third-order valence-corrected chi connectivity index (χ3v) is 4.50. The lowest BCUT2D eigenvalue weighted by molar-refractivity contribution is 0.0939. The normalized spacial score (nSPS) is 15.0. The summed E-state index contributed by atoms with van der Waals surface area (Å²) in [4.78, 5) is 13.0. The van der Waals surface area contributed by atoms with Gasteiger partial charge in [0, 0.05) is 6.42 Å². The lowest BCUT2D eigenvalue weighted by Gasteiger charge is -2.18. The molecule has 1 atom stereocenters. The lowest BCUT2D eigenvalue weighted by Crippen LogP contribution is -2.27. The number of thiophene rings is 1. The number of nitrogens with one attached hydrogen (secondary N) is 1. The molecule has 4 nitrogen and oxygen atoms in total. The van der Waals surface area contributed by atoms with E-state index in [2.05, 4.69) is 12.2 Å². The quantitative estimate of drug-likeness (QED) is 0.933. The van der Waals surface area contributed by atoms with Crippen molar-refractivity contribution >= 4 is 17.2 Å². The fourth-order valence-corrected chi connectivity index (χ4v) is 3.08. The Labute approximate surface area is 134 Å². The standard InChI is InChI=1S/C17H19NO3S/c1-2-13(18-17(19)16-5-3-10-22-16)12-6-7-14-15(11-12)21-9-4-8-20-14/h3,5-7,10-11,13H,2,4,8-9H2,1H3,(H,18,19). The Hall–Kier alpha value is -2.01. The van der Waals surface area contributed by atoms with E-state index in [0.29, 0.717) is 13.2 Å². The van der Waals surface area contributed by atoms with Crippen LogP contribution in [0, 0.1) is 0 Å². The Morgan fingerprint density at radius 2 is 2.09 bits per heavy atom. The second kappa shape index (κ2) is 6.83. The van der Waals surface area contributed by atoms with Crippen molar-refractivity contribution in [3.8, 4) is 11.5 Å². The zero-order valence-corrected chi connectivity index (χ0v) is 13.3. The predicted octanol–water partition coefficient (Wildman–Crippen LogP) is 3.79. The average Bonchev–Trinajstić information content (AvgIpc) is 2.98. The van der Waals surface area contributed by atoms with E-state index >= 15 is 0 Å². The van der Waals surface area contributed by atoms with Crippen molar-refractivity contribution in [2.75, 3.05) is 13.2 Å². The van der Waals surface area contributed by atoms with Gasteiger partial charge in [-0.1, -0.05) is 19.1 Å². The number of fused-ring (bicyclic) bond motifs is 1. The van der Waals surface area contributed by atoms with Gasteiger partial charge in [-0.15, -0.1) is 11.3 Å². The minimum atomic E-state index is -0.0354. The van der Waals surface area contributed by atoms with Gasteiger partial charge in [0.2, 0.25) is 0 Å². The number of amides is 1. The zero-order valence-electron chi connectivity index (χ0n) is 12.5. The van der Waals surface area contributed by atoms with Crippen LogP contribution in [0.4, 0.5) is 0 Å². The molecular weight excluding hydrogens is 298 g/mol. The average molecular weight is 317 g/mol. The van der Waals surface area contributed by atoms with E-state index in [1.165, 1.54) is 11.3 Å². The Bertz CT molecular complexity index is 639. The summed E-state index contributed by atoms with van der Waals surface area (Å²) in [5, 5.41) is 4.99. The smallest absolute Gasteiger partial charge is 0.261 e. The first-order valence-electron chi connectivity index (χ1n) is 7.52. The van der Waals surface area contributed by atoms with Gasteiger partial charge >= 0.3 is 0 Å². The molecular formula is C17H19NO3S. The van der Waals surface area contributed by atoms with E-state index in [9.17, 15) is 4.79 Å². The van der Waals surface area contributed by atoms with Gasteiger partial charge in [0.15, 0.2) is 11.5 Å². The first-order valence-corrected chi connectivity index (χ1v) is 8.40. The first-order chi connectivity index (χ1) is 10.8. The van der Waals surface area contributed by atoms with Crippen LogP contribution in [-0.2, 0) is 0 Å². The molecule has 22 heavy (non-hydrogen) atoms. The summed E-state index contributed by atoms with van der Waals surface area (Å²) in [6, 6.07) is 9.58. The molecule has 2 heterocycles. The largest absolute Gasteiger partial charge is 0.490 e. The molecule has 2 aromatic rings. The van der Waals surface area contributed by atoms with Gasteiger partial charge in [-0.3, -0.25) is 4.79 Å². The van der Waals surface area contributed by atoms with Gasteiger partial charge in [0.05, 0.1) is 24.1 Å². The van der Waals surface area contributed by atoms with Crippen LogP contribution in [-0.4, -0.2) is 19.1 Å². The van der Waals surface area contributed by atoms with Crippen LogP contribution in [0.1, 0.15) is 41.0 Å². The van der Waals surface area contributed by atoms with Gasteiger partial charge in [-0.2, -0.15) is 0 Å². The molecule has 0 radical (unpaired) electrons. The maximum Gasteiger partial charge on any atom is 0.261 e. The fraction of sp³-hybridized carbons (Fsp3) is 0.353. The highest BCUT2D eigenvalue weighted by Crippen LogP contribution is 2.33. The third-order valence-electron chi connectivity index (χ3n) is 3.63. The van der Waals surface area contributed by atoms with Crippen LogP contribution < -0.4 is 14.8 Å². The highest BCUT2D eigenvalue weighted by atomic mass is 32.1. The van der Waals surface area contributed by atoms with Crippen molar-refractivity contribution in [1.82, 2.24) is 5.32 Å². The molecule has 1 unspecified atom stereocenters. The summed E-state index contributed by atoms with van der Waals surface area (Å²) in [5.41, 5.74) is 1.04. The Morgan fingerprint density at radius 3 is 2.82 bits per heavy atom. The van der Waals surface area contributed by atoms with Crippen LogP contribution in [0.25, 0.3) is 0 Å². The second-order valence-corrected chi connectivity index (χ2v) is 6.12. The van der Waals surface area contributed by atoms with Crippen LogP contribution in [0.5, 0.6) is 11.5 Å². The summed E-state index contributed by atoms with van der Waals surface area (Å²) in [5.74, 6) is 1.51. The van der Waals surface area contributed by atoms with Gasteiger partial charge in [-0.05, 0) is 35.6 Å². The van der Waals surface area contributed by atoms with Gasteiger partial charge < -0.3 is 14.8 Å². The summed E-state index contributed by atoms with van der Waals surface area (Å²) in [6.45, 7) is 3.40. The minimum Gasteiger partial charge on any atom is -0.490 e. The summed E-state index contributed by atoms with van der Waals surface area (Å²) in [6.07, 6.45) is 1.70. The number of rotatable bonds is 4. The van der Waals surface area contributed by atoms with Crippen LogP contribution >= 0.6 is 11.3 Å². The van der Waals surface area contributed by atoms with E-state index < -0.39 is 0 Å². The molecule has 1 aliphatic heterocycles. The number of hydrogen-bond acceptors (Lipinski definition) is 4. The van der Waals surface area contributed by atoms with E-state index in [0.717, 1.165) is 34.8 Å². The highest BCUT2D eigenvalue weighted by molar-refractivity contribution is 7.12. The maximum absolute atomic E-state index is 12.2. The Balaban J connectivity index is 1.78. The summed E-state index contributed by atoms with van der Waals surface area (Å²) >= 11 is 1.45. The van der Waals surface area contributed by atoms with Crippen LogP contribution in [0.2, 0.25) is 0 Å². The van der Waals surface area contributed by atoms with E-state index in [1.54, 1.807) is 0 Å². The van der Waals surface area contributed by atoms with Crippen LogP contribution in [0.15, 0.2) is 35.7 Å². The molecule has 0 aliphatic carbocycles. The Morgan fingerprint density at radius 1 is 1.27 bits per heavy atom. The third kappa shape index (κ3) is 3.25. The number of benzene rings is 1. The minimum absolute atomic E-state index is 0.0334. The van der Waals surface area contributed by atoms with Crippen molar-refractivity contribution in [1.29, 1.82) is 0 Å². The molecule has 0 bridgehead atoms. The number of carbonyl (C=O) groups is 1. The molecule has 116 valence electrons. The predicted molar refractivity (Wildman–Crippen MR) is 86.9 cm³/mol. The first kappa shape index (κ1) is 14.9. The SMILES string of the molecule is CCC(NC(=O)c1cccs1)c1ccc2c(c1)OCCCO2. The van der Waals surface area contributed by atoms with Crippen molar-refractivity contribution in [3.63, 3.8) is 0 Å². The van der Waals surface area contributed by atoms with Crippen molar-refractivity contribution in [2.24, 2.45) is 0 Å². The van der Waals surface area contributed by atoms with Crippen molar-refractivity contribution < 1.29 is 14.3 Å². The van der Waals surface area contributed by atoms with Crippen LogP contribution in [0.3, 0.4) is 0 Å². The molecule has 5 heteroatoms. The zero-order chi connectivity index (χ0) is 15.4. The van der Waals surface area contributed by atoms with Crippen molar-refractivity contribution in [2.45, 2.75) is 25.8 Å². The Kier molecular flexibility index (Phi) is 4.63. The molecule has 1 aliphatic rings. The van der Waals surface area contributed by atoms with E-state index in [4.69, 9.17) is 9.47 Å².